The first kappa shape index (κ1) is 12.9. The normalized spacial score (nSPS) is 26.2. The average molecular weight is 214 g/mol. The van der Waals surface area contributed by atoms with Crippen molar-refractivity contribution in [3.05, 3.63) is 0 Å². The summed E-state index contributed by atoms with van der Waals surface area (Å²) in [6.45, 7) is 9.03. The number of likely N-dealkylation sites (tertiary alicyclic amines) is 1. The lowest BCUT2D eigenvalue weighted by Crippen LogP contribution is -2.46. The van der Waals surface area contributed by atoms with Crippen LogP contribution in [0.5, 0.6) is 0 Å². The van der Waals surface area contributed by atoms with Gasteiger partial charge in [0.2, 0.25) is 0 Å². The fourth-order valence-electron chi connectivity index (χ4n) is 2.23. The van der Waals surface area contributed by atoms with Gasteiger partial charge in [0, 0.05) is 12.6 Å². The molecular weight excluding hydrogens is 188 g/mol. The lowest BCUT2D eigenvalue weighted by atomic mass is 9.90. The first-order valence-electron chi connectivity index (χ1n) is 6.15. The molecule has 1 fully saturated rings. The molecule has 1 aliphatic rings. The third-order valence-corrected chi connectivity index (χ3v) is 3.70. The van der Waals surface area contributed by atoms with Crippen LogP contribution in [-0.4, -0.2) is 41.3 Å². The summed E-state index contributed by atoms with van der Waals surface area (Å²) in [5.74, 6) is 0.674. The second-order valence-corrected chi connectivity index (χ2v) is 5.32. The van der Waals surface area contributed by atoms with Gasteiger partial charge in [-0.2, -0.15) is 0 Å². The van der Waals surface area contributed by atoms with E-state index in [1.807, 2.05) is 13.8 Å². The van der Waals surface area contributed by atoms with Crippen molar-refractivity contribution in [3.8, 4) is 0 Å². The van der Waals surface area contributed by atoms with E-state index < -0.39 is 5.60 Å². The zero-order valence-corrected chi connectivity index (χ0v) is 10.4. The van der Waals surface area contributed by atoms with Crippen molar-refractivity contribution >= 4 is 0 Å². The number of hydrogen-bond acceptors (Lipinski definition) is 3. The molecular formula is C12H26N2O. The molecule has 3 nitrogen and oxygen atoms in total. The predicted octanol–water partition coefficient (Wildman–Crippen LogP) is 1.21. The Morgan fingerprint density at radius 2 is 2.00 bits per heavy atom. The molecule has 1 heterocycles. The number of hydrogen-bond donors (Lipinski definition) is 2. The maximum Gasteiger partial charge on any atom is 0.0743 e. The van der Waals surface area contributed by atoms with Crippen molar-refractivity contribution in [2.45, 2.75) is 51.7 Å². The van der Waals surface area contributed by atoms with Crippen LogP contribution in [-0.2, 0) is 0 Å². The van der Waals surface area contributed by atoms with Gasteiger partial charge in [0.25, 0.3) is 0 Å². The van der Waals surface area contributed by atoms with Gasteiger partial charge in [0.15, 0.2) is 0 Å². The Kier molecular flexibility index (Phi) is 4.56. The highest BCUT2D eigenvalue weighted by Crippen LogP contribution is 2.21. The van der Waals surface area contributed by atoms with Crippen LogP contribution in [0, 0.1) is 5.92 Å². The van der Waals surface area contributed by atoms with E-state index in [2.05, 4.69) is 11.8 Å². The van der Waals surface area contributed by atoms with Crippen molar-refractivity contribution in [3.63, 3.8) is 0 Å². The highest BCUT2D eigenvalue weighted by molar-refractivity contribution is 4.82. The van der Waals surface area contributed by atoms with Crippen LogP contribution in [0.15, 0.2) is 0 Å². The number of piperidine rings is 1. The number of nitrogens with two attached hydrogens (primary N) is 1. The van der Waals surface area contributed by atoms with Gasteiger partial charge in [0.05, 0.1) is 5.60 Å². The van der Waals surface area contributed by atoms with Gasteiger partial charge in [-0.15, -0.1) is 0 Å². The highest BCUT2D eigenvalue weighted by atomic mass is 16.3. The lowest BCUT2D eigenvalue weighted by molar-refractivity contribution is 0.00567. The molecule has 90 valence electrons. The number of rotatable bonds is 4. The zero-order valence-electron chi connectivity index (χ0n) is 10.4. The fraction of sp³-hybridized carbons (Fsp3) is 1.00. The first-order valence-corrected chi connectivity index (χ1v) is 6.15. The van der Waals surface area contributed by atoms with E-state index in [0.717, 1.165) is 26.1 Å². The molecule has 3 N–H and O–H groups in total. The molecule has 1 rings (SSSR count). The number of β-amino-alcohol motifs (C(OH)–C–C–N with tert-alkyl or cyclic N) is 1. The third kappa shape index (κ3) is 4.09. The summed E-state index contributed by atoms with van der Waals surface area (Å²) in [6, 6.07) is 0.318. The summed E-state index contributed by atoms with van der Waals surface area (Å²) >= 11 is 0. The van der Waals surface area contributed by atoms with Gasteiger partial charge >= 0.3 is 0 Å². The van der Waals surface area contributed by atoms with Crippen molar-refractivity contribution in [1.82, 2.24) is 4.90 Å². The summed E-state index contributed by atoms with van der Waals surface area (Å²) in [5.41, 5.74) is 5.37. The minimum Gasteiger partial charge on any atom is -0.389 e. The number of nitrogens with zero attached hydrogens (tertiary/aromatic N) is 1. The van der Waals surface area contributed by atoms with Crippen molar-refractivity contribution < 1.29 is 5.11 Å². The molecule has 0 amide bonds. The Labute approximate surface area is 93.6 Å². The van der Waals surface area contributed by atoms with Gasteiger partial charge in [-0.1, -0.05) is 6.92 Å². The predicted molar refractivity (Wildman–Crippen MR) is 63.7 cm³/mol. The largest absolute Gasteiger partial charge is 0.389 e. The standard InChI is InChI=1S/C12H26N2O/c1-4-12(3,15)9-14-7-5-11(6-8-14)10(2)13/h10-11,15H,4-9,13H2,1-3H3. The molecule has 0 saturated carbocycles. The lowest BCUT2D eigenvalue weighted by Gasteiger charge is -2.37. The maximum atomic E-state index is 9.98. The van der Waals surface area contributed by atoms with Crippen LogP contribution in [0.25, 0.3) is 0 Å². The van der Waals surface area contributed by atoms with E-state index in [0.29, 0.717) is 12.0 Å². The van der Waals surface area contributed by atoms with Crippen LogP contribution >= 0.6 is 0 Å². The van der Waals surface area contributed by atoms with Crippen LogP contribution in [0.2, 0.25) is 0 Å². The SMILES string of the molecule is CCC(C)(O)CN1CCC(C(C)N)CC1. The molecule has 0 spiro atoms. The molecule has 0 aromatic carbocycles. The van der Waals surface area contributed by atoms with E-state index in [1.54, 1.807) is 0 Å². The summed E-state index contributed by atoms with van der Waals surface area (Å²) < 4.78 is 0. The van der Waals surface area contributed by atoms with Gasteiger partial charge in [0.1, 0.15) is 0 Å². The van der Waals surface area contributed by atoms with Crippen molar-refractivity contribution in [1.29, 1.82) is 0 Å². The Bertz CT molecular complexity index is 184. The fourth-order valence-corrected chi connectivity index (χ4v) is 2.23. The highest BCUT2D eigenvalue weighted by Gasteiger charge is 2.26. The summed E-state index contributed by atoms with van der Waals surface area (Å²) in [5, 5.41) is 9.98. The van der Waals surface area contributed by atoms with Crippen molar-refractivity contribution in [2.24, 2.45) is 11.7 Å². The van der Waals surface area contributed by atoms with Gasteiger partial charge in [-0.05, 0) is 52.1 Å². The van der Waals surface area contributed by atoms with Crippen molar-refractivity contribution in [2.75, 3.05) is 19.6 Å². The molecule has 0 aliphatic carbocycles. The maximum absolute atomic E-state index is 9.98. The first-order chi connectivity index (χ1) is 6.94. The molecule has 0 radical (unpaired) electrons. The van der Waals surface area contributed by atoms with Crippen LogP contribution < -0.4 is 5.73 Å². The summed E-state index contributed by atoms with van der Waals surface area (Å²) in [7, 11) is 0. The molecule has 3 heteroatoms. The molecule has 2 unspecified atom stereocenters. The second-order valence-electron chi connectivity index (χ2n) is 5.32. The second kappa shape index (κ2) is 5.28. The molecule has 0 aromatic heterocycles. The third-order valence-electron chi connectivity index (χ3n) is 3.70. The van der Waals surface area contributed by atoms with Crippen LogP contribution in [0.3, 0.4) is 0 Å². The quantitative estimate of drug-likeness (QED) is 0.739. The number of aliphatic hydroxyl groups is 1. The van der Waals surface area contributed by atoms with E-state index in [9.17, 15) is 5.11 Å². The smallest absolute Gasteiger partial charge is 0.0743 e. The van der Waals surface area contributed by atoms with Crippen LogP contribution in [0.4, 0.5) is 0 Å². The zero-order chi connectivity index (χ0) is 11.5. The molecule has 2 atom stereocenters. The minimum absolute atomic E-state index is 0.318. The van der Waals surface area contributed by atoms with E-state index in [4.69, 9.17) is 5.73 Å². The minimum atomic E-state index is -0.527. The Hall–Kier alpha value is -0.120. The Morgan fingerprint density at radius 1 is 1.47 bits per heavy atom. The van der Waals surface area contributed by atoms with Crippen LogP contribution in [0.1, 0.15) is 40.0 Å². The average Bonchev–Trinajstić information content (AvgIpc) is 2.18. The Balaban J connectivity index is 2.32. The monoisotopic (exact) mass is 214 g/mol. The topological polar surface area (TPSA) is 49.5 Å². The molecule has 15 heavy (non-hydrogen) atoms. The Morgan fingerprint density at radius 3 is 2.40 bits per heavy atom. The molecule has 0 bridgehead atoms. The summed E-state index contributed by atoms with van der Waals surface area (Å²) in [6.07, 6.45) is 3.18. The molecule has 0 aromatic rings. The van der Waals surface area contributed by atoms with E-state index in [1.165, 1.54) is 12.8 Å². The van der Waals surface area contributed by atoms with Gasteiger partial charge in [-0.25, -0.2) is 0 Å². The molecule has 1 saturated heterocycles. The van der Waals surface area contributed by atoms with Gasteiger partial charge < -0.3 is 15.7 Å². The van der Waals surface area contributed by atoms with E-state index in [-0.39, 0.29) is 0 Å². The molecule has 1 aliphatic heterocycles. The van der Waals surface area contributed by atoms with E-state index >= 15 is 0 Å². The van der Waals surface area contributed by atoms with Gasteiger partial charge in [-0.3, -0.25) is 0 Å². The summed E-state index contributed by atoms with van der Waals surface area (Å²) in [4.78, 5) is 2.36.